The van der Waals surface area contributed by atoms with Crippen molar-refractivity contribution in [2.45, 2.75) is 24.9 Å². The number of nitrogens with one attached hydrogen (secondary N) is 2. The van der Waals surface area contributed by atoms with Gasteiger partial charge in [-0.05, 0) is 31.0 Å². The molecule has 3 heterocycles. The Kier molecular flexibility index (Phi) is 2.76. The topological polar surface area (TPSA) is 58.2 Å². The van der Waals surface area contributed by atoms with Crippen molar-refractivity contribution in [1.82, 2.24) is 10.6 Å². The van der Waals surface area contributed by atoms with E-state index in [4.69, 9.17) is 23.2 Å². The van der Waals surface area contributed by atoms with Gasteiger partial charge in [-0.15, -0.1) is 0 Å². The first-order valence-electron chi connectivity index (χ1n) is 5.99. The number of halogens is 2. The lowest BCUT2D eigenvalue weighted by molar-refractivity contribution is -0.149. The van der Waals surface area contributed by atoms with Crippen LogP contribution in [-0.4, -0.2) is 17.5 Å². The molecule has 0 aromatic heterocycles. The molecule has 2 amide bonds. The summed E-state index contributed by atoms with van der Waals surface area (Å²) in [5, 5.41) is 6.66. The second-order valence-corrected chi connectivity index (χ2v) is 6.11. The molecule has 2 N–H and O–H groups in total. The van der Waals surface area contributed by atoms with Crippen molar-refractivity contribution in [2.75, 3.05) is 0 Å². The molecule has 4 rings (SSSR count). The summed E-state index contributed by atoms with van der Waals surface area (Å²) in [7, 11) is 0. The van der Waals surface area contributed by atoms with Gasteiger partial charge < -0.3 is 10.6 Å². The average Bonchev–Trinajstić information content (AvgIpc) is 2.25. The largest absolute Gasteiger partial charge is 0.333 e. The monoisotopic (exact) mass is 298 g/mol. The van der Waals surface area contributed by atoms with Gasteiger partial charge in [0.2, 0.25) is 11.8 Å². The van der Waals surface area contributed by atoms with Crippen molar-refractivity contribution in [3.63, 3.8) is 0 Å². The lowest BCUT2D eigenvalue weighted by Crippen LogP contribution is -2.72. The fourth-order valence-electron chi connectivity index (χ4n) is 2.97. The maximum Gasteiger partial charge on any atom is 0.235 e. The molecule has 3 aliphatic heterocycles. The van der Waals surface area contributed by atoms with E-state index in [1.54, 1.807) is 25.1 Å². The molecule has 0 aliphatic carbocycles. The summed E-state index contributed by atoms with van der Waals surface area (Å²) >= 11 is 12.1. The van der Waals surface area contributed by atoms with Gasteiger partial charge in [0.05, 0.1) is 0 Å². The molecule has 0 spiro atoms. The molecule has 3 fully saturated rings. The van der Waals surface area contributed by atoms with Crippen molar-refractivity contribution >= 4 is 35.0 Å². The van der Waals surface area contributed by atoms with Crippen LogP contribution in [0.3, 0.4) is 0 Å². The van der Waals surface area contributed by atoms with E-state index in [0.29, 0.717) is 16.5 Å². The Morgan fingerprint density at radius 2 is 1.84 bits per heavy atom. The molecule has 0 radical (unpaired) electrons. The number of carbonyl (C=O) groups excluding carboxylic acids is 2. The molecule has 19 heavy (non-hydrogen) atoms. The van der Waals surface area contributed by atoms with E-state index in [9.17, 15) is 9.59 Å². The Morgan fingerprint density at radius 1 is 1.21 bits per heavy atom. The molecule has 2 bridgehead atoms. The molecular weight excluding hydrogens is 287 g/mol. The van der Waals surface area contributed by atoms with Crippen LogP contribution >= 0.6 is 23.2 Å². The zero-order valence-electron chi connectivity index (χ0n) is 10.2. The van der Waals surface area contributed by atoms with E-state index in [2.05, 4.69) is 10.6 Å². The fraction of sp³-hybridized carbons (Fsp3) is 0.385. The zero-order chi connectivity index (χ0) is 13.8. The smallest absolute Gasteiger partial charge is 0.235 e. The number of hydrogen-bond donors (Lipinski definition) is 2. The Morgan fingerprint density at radius 3 is 2.37 bits per heavy atom. The molecule has 0 unspecified atom stereocenters. The standard InChI is InChI=1S/C13H12Cl2N2O2/c1-13-5-8(7-3-2-6(14)4-9(7)15)10(11(18)16-13)12(19)17-13/h2-4,8,10H,5H2,1H3,(H,16,18)(H,17,19)/t8-,10?,13?/m1/s1. The summed E-state index contributed by atoms with van der Waals surface area (Å²) in [5.74, 6) is -1.42. The van der Waals surface area contributed by atoms with Crippen LogP contribution < -0.4 is 10.6 Å². The summed E-state index contributed by atoms with van der Waals surface area (Å²) in [5.41, 5.74) is 0.100. The van der Waals surface area contributed by atoms with Gasteiger partial charge in [0.25, 0.3) is 0 Å². The van der Waals surface area contributed by atoms with Crippen molar-refractivity contribution < 1.29 is 9.59 Å². The zero-order valence-corrected chi connectivity index (χ0v) is 11.7. The van der Waals surface area contributed by atoms with Gasteiger partial charge in [0.1, 0.15) is 11.6 Å². The SMILES string of the molecule is CC12C[C@H](c3ccc(Cl)cc3Cl)C(C(=O)N1)C(=O)N2. The van der Waals surface area contributed by atoms with Crippen LogP contribution in [0.25, 0.3) is 0 Å². The Hall–Kier alpha value is -1.26. The second kappa shape index (κ2) is 4.12. The van der Waals surface area contributed by atoms with Crippen molar-refractivity contribution in [2.24, 2.45) is 5.92 Å². The predicted octanol–water partition coefficient (Wildman–Crippen LogP) is 2.06. The van der Waals surface area contributed by atoms with Gasteiger partial charge in [-0.25, -0.2) is 0 Å². The van der Waals surface area contributed by atoms with Gasteiger partial charge in [-0.3, -0.25) is 9.59 Å². The normalized spacial score (nSPS) is 33.0. The minimum absolute atomic E-state index is 0.211. The number of fused-ring (bicyclic) bond motifs is 3. The second-order valence-electron chi connectivity index (χ2n) is 5.26. The Bertz CT molecular complexity index is 570. The van der Waals surface area contributed by atoms with Crippen LogP contribution in [0.1, 0.15) is 24.8 Å². The summed E-state index contributed by atoms with van der Waals surface area (Å²) in [6, 6.07) is 5.15. The summed E-state index contributed by atoms with van der Waals surface area (Å²) in [6.45, 7) is 1.80. The highest BCUT2D eigenvalue weighted by molar-refractivity contribution is 6.35. The van der Waals surface area contributed by atoms with Crippen LogP contribution in [0.2, 0.25) is 10.0 Å². The predicted molar refractivity (Wildman–Crippen MR) is 72.0 cm³/mol. The molecule has 1 atom stereocenters. The number of amides is 2. The van der Waals surface area contributed by atoms with Crippen molar-refractivity contribution in [3.8, 4) is 0 Å². The van der Waals surface area contributed by atoms with Gasteiger partial charge in [0, 0.05) is 16.0 Å². The lowest BCUT2D eigenvalue weighted by Gasteiger charge is -2.48. The lowest BCUT2D eigenvalue weighted by atomic mass is 9.72. The highest BCUT2D eigenvalue weighted by Gasteiger charge is 2.53. The van der Waals surface area contributed by atoms with Gasteiger partial charge in [0.15, 0.2) is 0 Å². The van der Waals surface area contributed by atoms with Crippen LogP contribution in [0.5, 0.6) is 0 Å². The third kappa shape index (κ3) is 1.99. The van der Waals surface area contributed by atoms with Crippen LogP contribution in [-0.2, 0) is 9.59 Å². The minimum Gasteiger partial charge on any atom is -0.333 e. The molecule has 3 saturated heterocycles. The molecule has 4 nitrogen and oxygen atoms in total. The molecule has 3 aliphatic rings. The molecule has 6 heteroatoms. The highest BCUT2D eigenvalue weighted by atomic mass is 35.5. The Labute approximate surface area is 120 Å². The van der Waals surface area contributed by atoms with E-state index >= 15 is 0 Å². The third-order valence-electron chi connectivity index (χ3n) is 3.76. The fourth-order valence-corrected chi connectivity index (χ4v) is 3.52. The molecule has 0 saturated carbocycles. The van der Waals surface area contributed by atoms with Gasteiger partial charge in [-0.2, -0.15) is 0 Å². The van der Waals surface area contributed by atoms with E-state index in [0.717, 1.165) is 5.56 Å². The van der Waals surface area contributed by atoms with E-state index in [1.807, 2.05) is 0 Å². The number of carbonyl (C=O) groups is 2. The number of benzene rings is 1. The van der Waals surface area contributed by atoms with Gasteiger partial charge >= 0.3 is 0 Å². The third-order valence-corrected chi connectivity index (χ3v) is 4.32. The van der Waals surface area contributed by atoms with Crippen molar-refractivity contribution in [1.29, 1.82) is 0 Å². The highest BCUT2D eigenvalue weighted by Crippen LogP contribution is 2.43. The number of hydrogen-bond acceptors (Lipinski definition) is 2. The molecule has 100 valence electrons. The molecule has 1 aromatic rings. The summed E-state index contributed by atoms with van der Waals surface area (Å²) in [6.07, 6.45) is 0.622. The van der Waals surface area contributed by atoms with Gasteiger partial charge in [-0.1, -0.05) is 29.3 Å². The first kappa shape index (κ1) is 12.8. The molecular formula is C13H12Cl2N2O2. The maximum absolute atomic E-state index is 12.0. The number of rotatable bonds is 1. The summed E-state index contributed by atoms with van der Waals surface area (Å²) < 4.78 is 0. The Balaban J connectivity index is 2.06. The minimum atomic E-state index is -0.722. The first-order chi connectivity index (χ1) is 8.89. The molecule has 1 aromatic carbocycles. The van der Waals surface area contributed by atoms with E-state index < -0.39 is 11.6 Å². The van der Waals surface area contributed by atoms with Crippen LogP contribution in [0.15, 0.2) is 18.2 Å². The van der Waals surface area contributed by atoms with Crippen LogP contribution in [0.4, 0.5) is 0 Å². The van der Waals surface area contributed by atoms with E-state index in [-0.39, 0.29) is 17.7 Å². The van der Waals surface area contributed by atoms with Crippen LogP contribution in [0, 0.1) is 5.92 Å². The van der Waals surface area contributed by atoms with E-state index in [1.165, 1.54) is 0 Å². The quantitative estimate of drug-likeness (QED) is 0.780. The number of piperidine rings is 2. The summed E-state index contributed by atoms with van der Waals surface area (Å²) in [4.78, 5) is 24.0. The maximum atomic E-state index is 12.0. The first-order valence-corrected chi connectivity index (χ1v) is 6.74. The van der Waals surface area contributed by atoms with Crippen molar-refractivity contribution in [3.05, 3.63) is 33.8 Å². The average molecular weight is 299 g/mol.